The molecule has 0 saturated heterocycles. The molecular formula is C11H19Cl3N2O4. The largest absolute Gasteiger partial charge is 0.445 e. The summed E-state index contributed by atoms with van der Waals surface area (Å²) in [6.45, 7) is 0.311. The van der Waals surface area contributed by atoms with Gasteiger partial charge in [-0.25, -0.2) is 4.79 Å². The molecule has 0 radical (unpaired) electrons. The van der Waals surface area contributed by atoms with Gasteiger partial charge in [0.1, 0.15) is 6.61 Å². The highest BCUT2D eigenvalue weighted by Crippen LogP contribution is 2.25. The van der Waals surface area contributed by atoms with Crippen molar-refractivity contribution >= 4 is 46.8 Å². The van der Waals surface area contributed by atoms with Crippen molar-refractivity contribution in [3.05, 3.63) is 0 Å². The van der Waals surface area contributed by atoms with Gasteiger partial charge in [0.05, 0.1) is 0 Å². The Bertz CT molecular complexity index is 298. The molecular weight excluding hydrogens is 330 g/mol. The van der Waals surface area contributed by atoms with E-state index in [1.165, 1.54) is 0 Å². The molecule has 118 valence electrons. The van der Waals surface area contributed by atoms with E-state index >= 15 is 0 Å². The Kier molecular flexibility index (Phi) is 11.0. The second-order valence-corrected chi connectivity index (χ2v) is 6.52. The Morgan fingerprint density at radius 1 is 1.05 bits per heavy atom. The number of amides is 2. The van der Waals surface area contributed by atoms with Gasteiger partial charge in [-0.1, -0.05) is 41.2 Å². The summed E-state index contributed by atoms with van der Waals surface area (Å²) < 4.78 is 2.98. The average molecular weight is 350 g/mol. The summed E-state index contributed by atoms with van der Waals surface area (Å²) in [7, 11) is 0. The molecule has 0 aliphatic heterocycles. The van der Waals surface area contributed by atoms with E-state index in [4.69, 9.17) is 39.9 Å². The smallest absolute Gasteiger partial charge is 0.407 e. The van der Waals surface area contributed by atoms with Gasteiger partial charge in [-0.2, -0.15) is 0 Å². The van der Waals surface area contributed by atoms with Crippen LogP contribution in [0.15, 0.2) is 0 Å². The maximum Gasteiger partial charge on any atom is 0.407 e. The molecule has 0 aromatic heterocycles. The third-order valence-corrected chi connectivity index (χ3v) is 2.47. The SMILES string of the molecule is O=C(CCCCCO)NCCNC(=O)OCC(Cl)(Cl)Cl. The molecule has 0 aliphatic carbocycles. The Labute approximate surface area is 133 Å². The second kappa shape index (κ2) is 11.3. The molecule has 0 atom stereocenters. The summed E-state index contributed by atoms with van der Waals surface area (Å²) >= 11 is 16.2. The van der Waals surface area contributed by atoms with Crippen LogP contribution in [0.2, 0.25) is 0 Å². The fraction of sp³-hybridized carbons (Fsp3) is 0.818. The lowest BCUT2D eigenvalue weighted by molar-refractivity contribution is -0.121. The molecule has 0 saturated carbocycles. The monoisotopic (exact) mass is 348 g/mol. The fourth-order valence-electron chi connectivity index (χ4n) is 1.23. The van der Waals surface area contributed by atoms with Crippen LogP contribution < -0.4 is 10.6 Å². The lowest BCUT2D eigenvalue weighted by atomic mass is 10.2. The van der Waals surface area contributed by atoms with Crippen LogP contribution >= 0.6 is 34.8 Å². The number of carbonyl (C=O) groups is 2. The number of rotatable bonds is 9. The van der Waals surface area contributed by atoms with E-state index in [0.717, 1.165) is 12.8 Å². The fourth-order valence-corrected chi connectivity index (χ4v) is 1.39. The van der Waals surface area contributed by atoms with E-state index in [1.54, 1.807) is 0 Å². The summed E-state index contributed by atoms with van der Waals surface area (Å²) in [5.41, 5.74) is 0. The molecule has 0 fully saturated rings. The van der Waals surface area contributed by atoms with E-state index in [-0.39, 0.29) is 25.7 Å². The van der Waals surface area contributed by atoms with Crippen molar-refractivity contribution in [1.82, 2.24) is 10.6 Å². The molecule has 0 spiro atoms. The number of hydrogen-bond donors (Lipinski definition) is 3. The average Bonchev–Trinajstić information content (AvgIpc) is 2.36. The number of carbonyl (C=O) groups excluding carboxylic acids is 2. The Balaban J connectivity index is 3.46. The minimum atomic E-state index is -1.64. The van der Waals surface area contributed by atoms with E-state index in [1.807, 2.05) is 0 Å². The summed E-state index contributed by atoms with van der Waals surface area (Å²) in [5.74, 6) is -0.0978. The van der Waals surface area contributed by atoms with Crippen molar-refractivity contribution in [2.75, 3.05) is 26.3 Å². The highest BCUT2D eigenvalue weighted by Gasteiger charge is 2.21. The minimum absolute atomic E-state index is 0.0978. The molecule has 0 unspecified atom stereocenters. The molecule has 3 N–H and O–H groups in total. The van der Waals surface area contributed by atoms with E-state index in [2.05, 4.69) is 15.4 Å². The van der Waals surface area contributed by atoms with Gasteiger partial charge in [0, 0.05) is 26.1 Å². The maximum absolute atomic E-state index is 11.3. The molecule has 9 heteroatoms. The highest BCUT2D eigenvalue weighted by atomic mass is 35.6. The summed E-state index contributed by atoms with van der Waals surface area (Å²) in [4.78, 5) is 22.5. The number of aliphatic hydroxyl groups is 1. The van der Waals surface area contributed by atoms with Crippen LogP contribution in [0.4, 0.5) is 4.79 Å². The van der Waals surface area contributed by atoms with Crippen molar-refractivity contribution in [2.24, 2.45) is 0 Å². The topological polar surface area (TPSA) is 87.7 Å². The number of unbranched alkanes of at least 4 members (excludes halogenated alkanes) is 2. The number of aliphatic hydroxyl groups excluding tert-OH is 1. The molecule has 0 aliphatic rings. The maximum atomic E-state index is 11.3. The molecule has 0 aromatic carbocycles. The number of alkyl halides is 3. The van der Waals surface area contributed by atoms with Crippen molar-refractivity contribution < 1.29 is 19.4 Å². The quantitative estimate of drug-likeness (QED) is 0.437. The summed E-state index contributed by atoms with van der Waals surface area (Å²) in [5, 5.41) is 13.6. The second-order valence-electron chi connectivity index (χ2n) is 4.00. The number of alkyl carbamates (subject to hydrolysis) is 1. The predicted molar refractivity (Wildman–Crippen MR) is 78.2 cm³/mol. The van der Waals surface area contributed by atoms with Gasteiger partial charge in [-0.3, -0.25) is 4.79 Å². The first-order valence-electron chi connectivity index (χ1n) is 6.20. The number of hydrogen-bond acceptors (Lipinski definition) is 4. The van der Waals surface area contributed by atoms with E-state index in [0.29, 0.717) is 19.4 Å². The zero-order valence-electron chi connectivity index (χ0n) is 11.0. The van der Waals surface area contributed by atoms with Gasteiger partial charge in [0.2, 0.25) is 9.70 Å². The first-order chi connectivity index (χ1) is 9.35. The van der Waals surface area contributed by atoms with Crippen LogP contribution in [0.1, 0.15) is 25.7 Å². The van der Waals surface area contributed by atoms with Crippen LogP contribution in [0.5, 0.6) is 0 Å². The van der Waals surface area contributed by atoms with E-state index in [9.17, 15) is 9.59 Å². The van der Waals surface area contributed by atoms with Crippen LogP contribution in [-0.2, 0) is 9.53 Å². The first-order valence-corrected chi connectivity index (χ1v) is 7.33. The predicted octanol–water partition coefficient (Wildman–Crippen LogP) is 1.75. The Morgan fingerprint density at radius 3 is 2.30 bits per heavy atom. The normalized spacial score (nSPS) is 11.0. The number of ether oxygens (including phenoxy) is 1. The zero-order chi connectivity index (χ0) is 15.4. The Morgan fingerprint density at radius 2 is 1.70 bits per heavy atom. The van der Waals surface area contributed by atoms with Gasteiger partial charge >= 0.3 is 6.09 Å². The van der Waals surface area contributed by atoms with Crippen LogP contribution in [-0.4, -0.2) is 47.2 Å². The summed E-state index contributed by atoms with van der Waals surface area (Å²) in [6.07, 6.45) is 1.92. The van der Waals surface area contributed by atoms with Crippen molar-refractivity contribution in [3.63, 3.8) is 0 Å². The van der Waals surface area contributed by atoms with Crippen LogP contribution in [0.3, 0.4) is 0 Å². The molecule has 2 amide bonds. The van der Waals surface area contributed by atoms with Gasteiger partial charge in [-0.15, -0.1) is 0 Å². The molecule has 20 heavy (non-hydrogen) atoms. The van der Waals surface area contributed by atoms with Gasteiger partial charge in [-0.05, 0) is 12.8 Å². The molecule has 0 heterocycles. The van der Waals surface area contributed by atoms with Crippen molar-refractivity contribution in [1.29, 1.82) is 0 Å². The van der Waals surface area contributed by atoms with Crippen LogP contribution in [0.25, 0.3) is 0 Å². The molecule has 6 nitrogen and oxygen atoms in total. The molecule has 0 aromatic rings. The lowest BCUT2D eigenvalue weighted by Crippen LogP contribution is -2.35. The van der Waals surface area contributed by atoms with E-state index < -0.39 is 9.89 Å². The van der Waals surface area contributed by atoms with Crippen LogP contribution in [0, 0.1) is 0 Å². The molecule has 0 bridgehead atoms. The van der Waals surface area contributed by atoms with Crippen molar-refractivity contribution in [3.8, 4) is 0 Å². The number of halogens is 3. The van der Waals surface area contributed by atoms with Gasteiger partial charge in [0.15, 0.2) is 0 Å². The molecule has 0 rings (SSSR count). The highest BCUT2D eigenvalue weighted by molar-refractivity contribution is 6.67. The summed E-state index contributed by atoms with van der Waals surface area (Å²) in [6, 6.07) is 0. The number of nitrogens with one attached hydrogen (secondary N) is 2. The van der Waals surface area contributed by atoms with Crippen molar-refractivity contribution in [2.45, 2.75) is 29.5 Å². The zero-order valence-corrected chi connectivity index (χ0v) is 13.2. The lowest BCUT2D eigenvalue weighted by Gasteiger charge is -2.12. The standard InChI is InChI=1S/C11H19Cl3N2O4/c12-11(13,14)8-20-10(19)16-6-5-15-9(18)4-2-1-3-7-17/h17H,1-8H2,(H,15,18)(H,16,19). The van der Waals surface area contributed by atoms with Gasteiger partial charge in [0.25, 0.3) is 0 Å². The van der Waals surface area contributed by atoms with Gasteiger partial charge < -0.3 is 20.5 Å². The third-order valence-electron chi connectivity index (χ3n) is 2.15. The first kappa shape index (κ1) is 19.6. The minimum Gasteiger partial charge on any atom is -0.445 e. The third kappa shape index (κ3) is 14.0. The Hall–Kier alpha value is -0.430.